The van der Waals surface area contributed by atoms with E-state index in [0.29, 0.717) is 41.2 Å². The highest BCUT2D eigenvalue weighted by molar-refractivity contribution is 5.89. The molecule has 3 rings (SSSR count). The Hall–Kier alpha value is -3.10. The van der Waals surface area contributed by atoms with Crippen LogP contribution >= 0.6 is 0 Å². The van der Waals surface area contributed by atoms with E-state index < -0.39 is 0 Å². The van der Waals surface area contributed by atoms with Gasteiger partial charge in [-0.3, -0.25) is 9.36 Å². The predicted octanol–water partition coefficient (Wildman–Crippen LogP) is 0.714. The zero-order valence-electron chi connectivity index (χ0n) is 13.6. The first-order valence-corrected chi connectivity index (χ1v) is 7.20. The summed E-state index contributed by atoms with van der Waals surface area (Å²) in [5.74, 6) is 1.19. The molecule has 0 unspecified atom stereocenters. The Morgan fingerprint density at radius 3 is 2.29 bits per heavy atom. The van der Waals surface area contributed by atoms with Crippen molar-refractivity contribution in [2.24, 2.45) is 0 Å². The third-order valence-corrected chi connectivity index (χ3v) is 3.69. The van der Waals surface area contributed by atoms with Crippen molar-refractivity contribution in [3.05, 3.63) is 35.4 Å². The lowest BCUT2D eigenvalue weighted by atomic mass is 10.2. The summed E-state index contributed by atoms with van der Waals surface area (Å²) < 4.78 is 19.3. The van der Waals surface area contributed by atoms with Crippen molar-refractivity contribution >= 4 is 10.9 Å². The van der Waals surface area contributed by atoms with Crippen molar-refractivity contribution in [1.29, 1.82) is 0 Å². The summed E-state index contributed by atoms with van der Waals surface area (Å²) in [5, 5.41) is 7.87. The molecule has 0 atom stereocenters. The average Bonchev–Trinajstić information content (AvgIpc) is 3.13. The number of methoxy groups -OCH3 is 3. The van der Waals surface area contributed by atoms with Crippen molar-refractivity contribution in [1.82, 2.24) is 24.3 Å². The van der Waals surface area contributed by atoms with Gasteiger partial charge in [0.1, 0.15) is 18.2 Å². The van der Waals surface area contributed by atoms with Crippen LogP contribution in [-0.2, 0) is 13.1 Å². The Morgan fingerprint density at radius 2 is 1.67 bits per heavy atom. The topological polar surface area (TPSA) is 93.3 Å². The van der Waals surface area contributed by atoms with Gasteiger partial charge in [-0.05, 0) is 6.07 Å². The quantitative estimate of drug-likeness (QED) is 0.657. The number of benzene rings is 1. The Labute approximate surface area is 137 Å². The normalized spacial score (nSPS) is 10.8. The molecular formula is C15H17N5O4. The molecule has 9 nitrogen and oxygen atoms in total. The summed E-state index contributed by atoms with van der Waals surface area (Å²) >= 11 is 0. The summed E-state index contributed by atoms with van der Waals surface area (Å²) in [6.45, 7) is 1.00. The van der Waals surface area contributed by atoms with E-state index in [4.69, 9.17) is 14.2 Å². The molecule has 0 bridgehead atoms. The molecule has 9 heteroatoms. The lowest BCUT2D eigenvalue weighted by Crippen LogP contribution is -2.23. The van der Waals surface area contributed by atoms with Crippen LogP contribution in [0, 0.1) is 0 Å². The van der Waals surface area contributed by atoms with Gasteiger partial charge in [-0.15, -0.1) is 10.2 Å². The van der Waals surface area contributed by atoms with Crippen LogP contribution in [0.4, 0.5) is 0 Å². The largest absolute Gasteiger partial charge is 0.493 e. The van der Waals surface area contributed by atoms with E-state index in [1.807, 2.05) is 0 Å². The second-order valence-corrected chi connectivity index (χ2v) is 4.98. The molecule has 1 aromatic carbocycles. The van der Waals surface area contributed by atoms with Crippen LogP contribution in [0.5, 0.6) is 17.2 Å². The summed E-state index contributed by atoms with van der Waals surface area (Å²) in [7, 11) is 4.51. The Kier molecular flexibility index (Phi) is 4.32. The summed E-state index contributed by atoms with van der Waals surface area (Å²) in [4.78, 5) is 17.1. The van der Waals surface area contributed by atoms with E-state index in [1.54, 1.807) is 23.3 Å². The van der Waals surface area contributed by atoms with Crippen LogP contribution in [0.2, 0.25) is 0 Å². The van der Waals surface area contributed by atoms with E-state index in [-0.39, 0.29) is 5.56 Å². The lowest BCUT2D eigenvalue weighted by Gasteiger charge is -2.14. The monoisotopic (exact) mass is 331 g/mol. The van der Waals surface area contributed by atoms with Crippen LogP contribution in [-0.4, -0.2) is 45.6 Å². The summed E-state index contributed by atoms with van der Waals surface area (Å²) in [6.07, 6.45) is 4.68. The molecule has 0 saturated carbocycles. The van der Waals surface area contributed by atoms with Gasteiger partial charge in [0.25, 0.3) is 5.56 Å². The van der Waals surface area contributed by atoms with Gasteiger partial charge in [0, 0.05) is 13.1 Å². The molecule has 2 aromatic heterocycles. The van der Waals surface area contributed by atoms with E-state index in [9.17, 15) is 4.79 Å². The van der Waals surface area contributed by atoms with Crippen LogP contribution in [0.15, 0.2) is 29.8 Å². The fourth-order valence-electron chi connectivity index (χ4n) is 2.49. The highest BCUT2D eigenvalue weighted by Gasteiger charge is 2.19. The van der Waals surface area contributed by atoms with Gasteiger partial charge in [0.15, 0.2) is 11.5 Å². The maximum atomic E-state index is 12.8. The van der Waals surface area contributed by atoms with Crippen molar-refractivity contribution in [2.45, 2.75) is 13.1 Å². The number of aryl methyl sites for hydroxylation is 2. The Morgan fingerprint density at radius 1 is 0.958 bits per heavy atom. The molecule has 0 fully saturated rings. The minimum atomic E-state index is -0.188. The molecule has 0 aliphatic rings. The Balaban J connectivity index is 2.09. The maximum Gasteiger partial charge on any atom is 0.261 e. The number of fused-ring (bicyclic) bond motifs is 1. The highest BCUT2D eigenvalue weighted by Crippen LogP contribution is 2.41. The van der Waals surface area contributed by atoms with E-state index in [1.165, 1.54) is 32.2 Å². The third-order valence-electron chi connectivity index (χ3n) is 3.69. The number of hydrogen-bond acceptors (Lipinski definition) is 7. The van der Waals surface area contributed by atoms with Gasteiger partial charge in [0.05, 0.1) is 33.0 Å². The Bertz CT molecular complexity index is 904. The molecule has 3 aromatic rings. The molecule has 126 valence electrons. The molecule has 0 aliphatic carbocycles. The molecule has 0 radical (unpaired) electrons. The fourth-order valence-corrected chi connectivity index (χ4v) is 2.49. The van der Waals surface area contributed by atoms with E-state index in [2.05, 4.69) is 15.2 Å². The third kappa shape index (κ3) is 2.64. The van der Waals surface area contributed by atoms with Crippen LogP contribution < -0.4 is 19.8 Å². The number of rotatable bonds is 6. The van der Waals surface area contributed by atoms with E-state index in [0.717, 1.165) is 0 Å². The van der Waals surface area contributed by atoms with Crippen molar-refractivity contribution in [2.75, 3.05) is 21.3 Å². The van der Waals surface area contributed by atoms with Crippen LogP contribution in [0.25, 0.3) is 10.9 Å². The van der Waals surface area contributed by atoms with Crippen LogP contribution in [0.1, 0.15) is 0 Å². The van der Waals surface area contributed by atoms with Gasteiger partial charge in [-0.1, -0.05) is 0 Å². The molecular weight excluding hydrogens is 314 g/mol. The van der Waals surface area contributed by atoms with Crippen molar-refractivity contribution in [3.8, 4) is 17.2 Å². The number of ether oxygens (including phenoxy) is 3. The minimum absolute atomic E-state index is 0.188. The second-order valence-electron chi connectivity index (χ2n) is 4.98. The smallest absolute Gasteiger partial charge is 0.261 e. The fraction of sp³-hybridized carbons (Fsp3) is 0.333. The standard InChI is InChI=1S/C15H17N5O4/c1-22-11-6-10-12(14(24-3)13(11)23-2)16-7-20(15(10)21)5-4-19-8-17-18-9-19/h6-9H,4-5H2,1-3H3. The molecule has 0 saturated heterocycles. The minimum Gasteiger partial charge on any atom is -0.493 e. The highest BCUT2D eigenvalue weighted by atomic mass is 16.5. The molecule has 0 amide bonds. The van der Waals surface area contributed by atoms with Gasteiger partial charge in [0.2, 0.25) is 5.75 Å². The maximum absolute atomic E-state index is 12.8. The summed E-state index contributed by atoms with van der Waals surface area (Å²) in [5.41, 5.74) is 0.244. The second kappa shape index (κ2) is 6.57. The first-order valence-electron chi connectivity index (χ1n) is 7.20. The SMILES string of the molecule is COc1cc2c(=O)n(CCn3cnnc3)cnc2c(OC)c1OC. The predicted molar refractivity (Wildman–Crippen MR) is 85.7 cm³/mol. The first-order chi connectivity index (χ1) is 11.7. The molecule has 0 aliphatic heterocycles. The molecule has 0 spiro atoms. The first kappa shape index (κ1) is 15.8. The molecule has 2 heterocycles. The zero-order valence-corrected chi connectivity index (χ0v) is 13.6. The number of hydrogen-bond donors (Lipinski definition) is 0. The zero-order chi connectivity index (χ0) is 17.1. The molecule has 24 heavy (non-hydrogen) atoms. The molecule has 0 N–H and O–H groups in total. The summed E-state index contributed by atoms with van der Waals surface area (Å²) in [6, 6.07) is 1.61. The van der Waals surface area contributed by atoms with Crippen molar-refractivity contribution in [3.63, 3.8) is 0 Å². The van der Waals surface area contributed by atoms with Gasteiger partial charge in [-0.25, -0.2) is 4.98 Å². The number of nitrogens with zero attached hydrogens (tertiary/aromatic N) is 5. The lowest BCUT2D eigenvalue weighted by molar-refractivity contribution is 0.326. The van der Waals surface area contributed by atoms with Crippen molar-refractivity contribution < 1.29 is 14.2 Å². The van der Waals surface area contributed by atoms with Gasteiger partial charge < -0.3 is 18.8 Å². The van der Waals surface area contributed by atoms with E-state index >= 15 is 0 Å². The van der Waals surface area contributed by atoms with Crippen LogP contribution in [0.3, 0.4) is 0 Å². The average molecular weight is 331 g/mol. The van der Waals surface area contributed by atoms with Gasteiger partial charge in [-0.2, -0.15) is 0 Å². The number of aromatic nitrogens is 5. The van der Waals surface area contributed by atoms with Gasteiger partial charge >= 0.3 is 0 Å².